The number of benzene rings is 1. The van der Waals surface area contributed by atoms with Crippen molar-refractivity contribution in [1.82, 2.24) is 15.1 Å². The quantitative estimate of drug-likeness (QED) is 0.536. The van der Waals surface area contributed by atoms with Crippen molar-refractivity contribution in [3.63, 3.8) is 0 Å². The van der Waals surface area contributed by atoms with Gasteiger partial charge in [-0.1, -0.05) is 18.5 Å². The van der Waals surface area contributed by atoms with E-state index in [0.717, 1.165) is 18.6 Å². The molecule has 160 valence electrons. The lowest BCUT2D eigenvalue weighted by Gasteiger charge is -2.19. The summed E-state index contributed by atoms with van der Waals surface area (Å²) in [6.07, 6.45) is -2.39. The highest BCUT2D eigenvalue weighted by atomic mass is 35.5. The third-order valence-electron chi connectivity index (χ3n) is 4.02. The second kappa shape index (κ2) is 9.31. The van der Waals surface area contributed by atoms with Gasteiger partial charge in [0.1, 0.15) is 0 Å². The van der Waals surface area contributed by atoms with Crippen molar-refractivity contribution in [1.29, 1.82) is 0 Å². The Balaban J connectivity index is 1.64. The van der Waals surface area contributed by atoms with Crippen molar-refractivity contribution >= 4 is 23.2 Å². The van der Waals surface area contributed by atoms with Crippen LogP contribution in [0, 0.1) is 0 Å². The predicted octanol–water partition coefficient (Wildman–Crippen LogP) is 4.85. The van der Waals surface area contributed by atoms with E-state index in [0.29, 0.717) is 12.3 Å². The first-order chi connectivity index (χ1) is 14.3. The number of alkyl halides is 3. The summed E-state index contributed by atoms with van der Waals surface area (Å²) in [7, 11) is 0. The molecule has 0 radical (unpaired) electrons. The lowest BCUT2D eigenvalue weighted by Crippen LogP contribution is -2.33. The van der Waals surface area contributed by atoms with Crippen LogP contribution in [0.3, 0.4) is 0 Å². The maximum absolute atomic E-state index is 13.0. The van der Waals surface area contributed by atoms with Crippen LogP contribution in [0.2, 0.25) is 5.02 Å². The van der Waals surface area contributed by atoms with Gasteiger partial charge < -0.3 is 14.2 Å². The molecule has 0 spiro atoms. The molecule has 0 unspecified atom stereocenters. The number of nitrogens with one attached hydrogen (secondary N) is 1. The van der Waals surface area contributed by atoms with Crippen LogP contribution in [-0.4, -0.2) is 34.1 Å². The molecule has 1 N–H and O–H groups in total. The summed E-state index contributed by atoms with van der Waals surface area (Å²) in [4.78, 5) is 14.1. The molecule has 0 aliphatic heterocycles. The second-order valence-electron chi connectivity index (χ2n) is 6.43. The van der Waals surface area contributed by atoms with Gasteiger partial charge in [-0.2, -0.15) is 13.2 Å². The van der Waals surface area contributed by atoms with Crippen LogP contribution in [0.25, 0.3) is 11.7 Å². The number of amides is 1. The SMILES string of the molecule is CCCN(CC(=O)Nc1ccc(Cl)c(C(F)(F)F)c1)Cc1nnc(-c2ccco2)o1. The van der Waals surface area contributed by atoms with E-state index >= 15 is 0 Å². The van der Waals surface area contributed by atoms with Crippen molar-refractivity contribution in [3.05, 3.63) is 53.1 Å². The van der Waals surface area contributed by atoms with Gasteiger partial charge in [0.05, 0.1) is 29.9 Å². The number of halogens is 4. The molecule has 1 aromatic carbocycles. The normalized spacial score (nSPS) is 11.8. The van der Waals surface area contributed by atoms with Crippen molar-refractivity contribution in [2.24, 2.45) is 0 Å². The summed E-state index contributed by atoms with van der Waals surface area (Å²) < 4.78 is 49.7. The Hall–Kier alpha value is -2.85. The molecule has 0 aliphatic carbocycles. The molecule has 0 atom stereocenters. The monoisotopic (exact) mass is 442 g/mol. The van der Waals surface area contributed by atoms with Gasteiger partial charge in [0, 0.05) is 5.69 Å². The molecule has 3 rings (SSSR count). The number of aromatic nitrogens is 2. The van der Waals surface area contributed by atoms with Gasteiger partial charge in [0.15, 0.2) is 5.76 Å². The lowest BCUT2D eigenvalue weighted by molar-refractivity contribution is -0.137. The van der Waals surface area contributed by atoms with Gasteiger partial charge >= 0.3 is 6.18 Å². The Kier molecular flexibility index (Phi) is 6.78. The molecule has 3 aromatic rings. The highest BCUT2D eigenvalue weighted by Gasteiger charge is 2.33. The molecule has 1 amide bonds. The summed E-state index contributed by atoms with van der Waals surface area (Å²) in [5.41, 5.74) is -1.00. The van der Waals surface area contributed by atoms with E-state index in [2.05, 4.69) is 15.5 Å². The fourth-order valence-corrected chi connectivity index (χ4v) is 2.99. The highest BCUT2D eigenvalue weighted by Crippen LogP contribution is 2.36. The number of rotatable bonds is 8. The predicted molar refractivity (Wildman–Crippen MR) is 103 cm³/mol. The van der Waals surface area contributed by atoms with E-state index in [-0.39, 0.29) is 30.6 Å². The lowest BCUT2D eigenvalue weighted by atomic mass is 10.2. The van der Waals surface area contributed by atoms with Crippen LogP contribution in [0.5, 0.6) is 0 Å². The molecular formula is C19H18ClF3N4O3. The molecule has 2 heterocycles. The summed E-state index contributed by atoms with van der Waals surface area (Å²) >= 11 is 5.60. The summed E-state index contributed by atoms with van der Waals surface area (Å²) in [6, 6.07) is 6.58. The van der Waals surface area contributed by atoms with E-state index in [1.165, 1.54) is 12.3 Å². The first-order valence-electron chi connectivity index (χ1n) is 9.01. The standard InChI is InChI=1S/C19H18ClF3N4O3/c1-2-7-27(11-17-25-26-18(30-17)15-4-3-8-29-15)10-16(28)24-12-5-6-14(20)13(9-12)19(21,22)23/h3-6,8-9H,2,7,10-11H2,1H3,(H,24,28). The smallest absolute Gasteiger partial charge is 0.417 e. The van der Waals surface area contributed by atoms with Crippen LogP contribution < -0.4 is 5.32 Å². The molecule has 7 nitrogen and oxygen atoms in total. The topological polar surface area (TPSA) is 84.4 Å². The number of anilines is 1. The van der Waals surface area contributed by atoms with Crippen LogP contribution in [0.4, 0.5) is 18.9 Å². The van der Waals surface area contributed by atoms with E-state index in [1.807, 2.05) is 6.92 Å². The van der Waals surface area contributed by atoms with E-state index in [9.17, 15) is 18.0 Å². The van der Waals surface area contributed by atoms with E-state index < -0.39 is 22.7 Å². The first kappa shape index (κ1) is 21.8. The number of furan rings is 1. The number of hydrogen-bond donors (Lipinski definition) is 1. The van der Waals surface area contributed by atoms with E-state index in [1.54, 1.807) is 17.0 Å². The van der Waals surface area contributed by atoms with Gasteiger partial charge in [0.2, 0.25) is 11.8 Å². The number of carbonyl (C=O) groups excluding carboxylic acids is 1. The molecular weight excluding hydrogens is 425 g/mol. The number of hydrogen-bond acceptors (Lipinski definition) is 6. The Morgan fingerprint density at radius 1 is 1.27 bits per heavy atom. The number of nitrogens with zero attached hydrogens (tertiary/aromatic N) is 3. The largest absolute Gasteiger partial charge is 0.459 e. The first-order valence-corrected chi connectivity index (χ1v) is 9.39. The Labute approximate surface area is 174 Å². The minimum Gasteiger partial charge on any atom is -0.459 e. The Morgan fingerprint density at radius 3 is 2.73 bits per heavy atom. The minimum atomic E-state index is -4.62. The van der Waals surface area contributed by atoms with E-state index in [4.69, 9.17) is 20.4 Å². The minimum absolute atomic E-state index is 0.00562. The zero-order chi connectivity index (χ0) is 21.7. The van der Waals surface area contributed by atoms with Gasteiger partial charge in [-0.3, -0.25) is 9.69 Å². The zero-order valence-corrected chi connectivity index (χ0v) is 16.6. The molecule has 0 saturated carbocycles. The van der Waals surface area contributed by atoms with Crippen LogP contribution in [-0.2, 0) is 17.5 Å². The maximum atomic E-state index is 13.0. The van der Waals surface area contributed by atoms with Crippen LogP contribution in [0.1, 0.15) is 24.8 Å². The Bertz CT molecular complexity index is 989. The molecule has 0 aliphatic rings. The molecule has 0 saturated heterocycles. The van der Waals surface area contributed by atoms with Crippen molar-refractivity contribution in [3.8, 4) is 11.7 Å². The third kappa shape index (κ3) is 5.61. The molecule has 2 aromatic heterocycles. The van der Waals surface area contributed by atoms with Gasteiger partial charge in [0.25, 0.3) is 5.89 Å². The molecule has 11 heteroatoms. The van der Waals surface area contributed by atoms with Gasteiger partial charge in [-0.25, -0.2) is 0 Å². The fourth-order valence-electron chi connectivity index (χ4n) is 2.76. The summed E-state index contributed by atoms with van der Waals surface area (Å²) in [6.45, 7) is 2.60. The molecule has 0 bridgehead atoms. The average Bonchev–Trinajstić information content (AvgIpc) is 3.34. The summed E-state index contributed by atoms with van der Waals surface area (Å²) in [5, 5.41) is 9.88. The third-order valence-corrected chi connectivity index (χ3v) is 4.35. The van der Waals surface area contributed by atoms with Gasteiger partial charge in [-0.05, 0) is 43.3 Å². The van der Waals surface area contributed by atoms with Gasteiger partial charge in [-0.15, -0.1) is 10.2 Å². The molecule has 30 heavy (non-hydrogen) atoms. The van der Waals surface area contributed by atoms with Crippen molar-refractivity contribution in [2.45, 2.75) is 26.1 Å². The maximum Gasteiger partial charge on any atom is 0.417 e. The highest BCUT2D eigenvalue weighted by molar-refractivity contribution is 6.31. The molecule has 0 fully saturated rings. The summed E-state index contributed by atoms with van der Waals surface area (Å²) in [5.74, 6) is 0.451. The second-order valence-corrected chi connectivity index (χ2v) is 6.84. The van der Waals surface area contributed by atoms with Crippen molar-refractivity contribution in [2.75, 3.05) is 18.4 Å². The fraction of sp³-hybridized carbons (Fsp3) is 0.316. The van der Waals surface area contributed by atoms with Crippen LogP contribution in [0.15, 0.2) is 45.4 Å². The van der Waals surface area contributed by atoms with Crippen molar-refractivity contribution < 1.29 is 26.8 Å². The van der Waals surface area contributed by atoms with Crippen LogP contribution >= 0.6 is 11.6 Å². The Morgan fingerprint density at radius 2 is 2.07 bits per heavy atom. The average molecular weight is 443 g/mol. The number of carbonyl (C=O) groups is 1. The zero-order valence-electron chi connectivity index (χ0n) is 15.9.